The Hall–Kier alpha value is -1.30. The normalized spacial score (nSPS) is 19.0. The fraction of sp³-hybridized carbons (Fsp3) is 0.875. The summed E-state index contributed by atoms with van der Waals surface area (Å²) in [5, 5.41) is 6.62. The second-order valence-electron chi connectivity index (χ2n) is 3.24. The van der Waals surface area contributed by atoms with Crippen molar-refractivity contribution in [2.75, 3.05) is 39.8 Å². The van der Waals surface area contributed by atoms with Gasteiger partial charge in [-0.25, -0.2) is 0 Å². The third-order valence-electron chi connectivity index (χ3n) is 2.38. The average Bonchev–Trinajstić information content (AvgIpc) is 2.30. The number of hydrogen-bond acceptors (Lipinski definition) is 5. The van der Waals surface area contributed by atoms with Gasteiger partial charge in [-0.05, 0) is 5.53 Å². The zero-order valence-corrected chi connectivity index (χ0v) is 8.72. The highest BCUT2D eigenvalue weighted by Gasteiger charge is 2.26. The molecule has 1 aliphatic heterocycles. The number of nitrogens with zero attached hydrogens (tertiary/aromatic N) is 4. The summed E-state index contributed by atoms with van der Waals surface area (Å²) in [6.07, 6.45) is 0. The molecule has 1 aliphatic rings. The van der Waals surface area contributed by atoms with Gasteiger partial charge in [0.25, 0.3) is 0 Å². The molecule has 0 aromatic heterocycles. The number of piperazine rings is 1. The first-order valence-electron chi connectivity index (χ1n) is 4.83. The highest BCUT2D eigenvalue weighted by atomic mass is 16.5. The van der Waals surface area contributed by atoms with Crippen LogP contribution in [0.25, 0.3) is 10.4 Å². The van der Waals surface area contributed by atoms with Crippen molar-refractivity contribution in [3.05, 3.63) is 10.4 Å². The summed E-state index contributed by atoms with van der Waals surface area (Å²) in [5.41, 5.74) is 8.24. The molecule has 0 radical (unpaired) electrons. The zero-order chi connectivity index (χ0) is 11.1. The Morgan fingerprint density at radius 2 is 2.33 bits per heavy atom. The molecule has 84 valence electrons. The lowest BCUT2D eigenvalue weighted by molar-refractivity contribution is -0.146. The monoisotopic (exact) mass is 213 g/mol. The number of carbonyl (C=O) groups excluding carboxylic acids is 1. The summed E-state index contributed by atoms with van der Waals surface area (Å²) in [6, 6.07) is -0.451. The molecule has 15 heavy (non-hydrogen) atoms. The molecule has 1 fully saturated rings. The van der Waals surface area contributed by atoms with Crippen molar-refractivity contribution in [3.63, 3.8) is 0 Å². The van der Waals surface area contributed by atoms with Gasteiger partial charge >= 0.3 is 5.97 Å². The van der Waals surface area contributed by atoms with Gasteiger partial charge in [0.1, 0.15) is 6.04 Å². The van der Waals surface area contributed by atoms with Crippen molar-refractivity contribution in [1.29, 1.82) is 0 Å². The van der Waals surface area contributed by atoms with Crippen molar-refractivity contribution in [2.45, 2.75) is 6.04 Å². The van der Waals surface area contributed by atoms with E-state index in [0.717, 1.165) is 26.2 Å². The Balaban J connectivity index is 2.60. The van der Waals surface area contributed by atoms with E-state index < -0.39 is 6.04 Å². The molecule has 0 aromatic carbocycles. The van der Waals surface area contributed by atoms with Gasteiger partial charge in [0.05, 0.1) is 13.7 Å². The molecule has 1 heterocycles. The Bertz CT molecular complexity index is 258. The molecule has 0 aliphatic carbocycles. The van der Waals surface area contributed by atoms with E-state index >= 15 is 0 Å². The predicted molar refractivity (Wildman–Crippen MR) is 54.3 cm³/mol. The van der Waals surface area contributed by atoms with E-state index in [1.807, 2.05) is 4.90 Å². The summed E-state index contributed by atoms with van der Waals surface area (Å²) in [7, 11) is 1.34. The molecular formula is C8H15N5O2. The number of carbonyl (C=O) groups is 1. The van der Waals surface area contributed by atoms with Crippen LogP contribution in [0.15, 0.2) is 5.11 Å². The summed E-state index contributed by atoms with van der Waals surface area (Å²) in [4.78, 5) is 16.1. The van der Waals surface area contributed by atoms with E-state index in [0.29, 0.717) is 0 Å². The Morgan fingerprint density at radius 1 is 1.67 bits per heavy atom. The molecule has 1 saturated heterocycles. The highest BCUT2D eigenvalue weighted by molar-refractivity contribution is 5.76. The van der Waals surface area contributed by atoms with Crippen LogP contribution in [0.4, 0.5) is 0 Å². The van der Waals surface area contributed by atoms with Crippen LogP contribution >= 0.6 is 0 Å². The fourth-order valence-electron chi connectivity index (χ4n) is 1.58. The average molecular weight is 213 g/mol. The minimum absolute atomic E-state index is 0.128. The Labute approximate surface area is 88.0 Å². The van der Waals surface area contributed by atoms with Crippen LogP contribution in [0.3, 0.4) is 0 Å². The van der Waals surface area contributed by atoms with Crippen LogP contribution in [0.1, 0.15) is 0 Å². The predicted octanol–water partition coefficient (Wildman–Crippen LogP) is -0.257. The van der Waals surface area contributed by atoms with E-state index in [1.54, 1.807) is 0 Å². The molecule has 7 nitrogen and oxygen atoms in total. The smallest absolute Gasteiger partial charge is 0.323 e. The number of nitrogens with one attached hydrogen (secondary N) is 1. The van der Waals surface area contributed by atoms with Gasteiger partial charge in [0.15, 0.2) is 0 Å². The first-order chi connectivity index (χ1) is 7.29. The van der Waals surface area contributed by atoms with Crippen LogP contribution in [0.5, 0.6) is 0 Å². The van der Waals surface area contributed by atoms with Crippen molar-refractivity contribution in [1.82, 2.24) is 10.2 Å². The van der Waals surface area contributed by atoms with Gasteiger partial charge in [-0.3, -0.25) is 9.69 Å². The number of rotatable bonds is 4. The Kier molecular flexibility index (Phi) is 4.89. The molecule has 0 aromatic rings. The van der Waals surface area contributed by atoms with E-state index in [4.69, 9.17) is 5.53 Å². The van der Waals surface area contributed by atoms with E-state index in [9.17, 15) is 4.79 Å². The second kappa shape index (κ2) is 6.23. The zero-order valence-electron chi connectivity index (χ0n) is 8.72. The number of esters is 1. The fourth-order valence-corrected chi connectivity index (χ4v) is 1.58. The third kappa shape index (κ3) is 3.39. The molecule has 0 saturated carbocycles. The minimum Gasteiger partial charge on any atom is -0.468 e. The maximum Gasteiger partial charge on any atom is 0.323 e. The Morgan fingerprint density at radius 3 is 2.87 bits per heavy atom. The van der Waals surface area contributed by atoms with Gasteiger partial charge in [-0.15, -0.1) is 0 Å². The van der Waals surface area contributed by atoms with Crippen LogP contribution in [-0.4, -0.2) is 56.7 Å². The topological polar surface area (TPSA) is 90.3 Å². The number of ether oxygens (including phenoxy) is 1. The molecule has 1 N–H and O–H groups in total. The first-order valence-corrected chi connectivity index (χ1v) is 4.83. The number of methoxy groups -OCH3 is 1. The quantitative estimate of drug-likeness (QED) is 0.301. The number of azide groups is 1. The molecule has 1 atom stereocenters. The molecule has 1 rings (SSSR count). The maximum atomic E-state index is 11.4. The number of hydrogen-bond donors (Lipinski definition) is 1. The first kappa shape index (κ1) is 11.8. The van der Waals surface area contributed by atoms with Gasteiger partial charge in [0.2, 0.25) is 0 Å². The van der Waals surface area contributed by atoms with Gasteiger partial charge in [-0.2, -0.15) is 0 Å². The molecule has 0 amide bonds. The van der Waals surface area contributed by atoms with Crippen molar-refractivity contribution in [3.8, 4) is 0 Å². The molecule has 0 spiro atoms. The van der Waals surface area contributed by atoms with Crippen LogP contribution in [0.2, 0.25) is 0 Å². The van der Waals surface area contributed by atoms with Crippen molar-refractivity contribution >= 4 is 5.97 Å². The van der Waals surface area contributed by atoms with Gasteiger partial charge in [0, 0.05) is 31.1 Å². The lowest BCUT2D eigenvalue weighted by Crippen LogP contribution is -2.52. The third-order valence-corrected chi connectivity index (χ3v) is 2.38. The van der Waals surface area contributed by atoms with Crippen LogP contribution in [-0.2, 0) is 9.53 Å². The molecule has 7 heteroatoms. The van der Waals surface area contributed by atoms with Crippen molar-refractivity contribution in [2.24, 2.45) is 5.11 Å². The summed E-state index contributed by atoms with van der Waals surface area (Å²) in [6.45, 7) is 3.33. The molecule has 1 unspecified atom stereocenters. The van der Waals surface area contributed by atoms with Gasteiger partial charge < -0.3 is 10.1 Å². The summed E-state index contributed by atoms with van der Waals surface area (Å²) < 4.78 is 4.68. The summed E-state index contributed by atoms with van der Waals surface area (Å²) >= 11 is 0. The summed E-state index contributed by atoms with van der Waals surface area (Å²) in [5.74, 6) is -0.343. The largest absolute Gasteiger partial charge is 0.468 e. The molecular weight excluding hydrogens is 198 g/mol. The lowest BCUT2D eigenvalue weighted by Gasteiger charge is -2.32. The molecule has 0 bridgehead atoms. The van der Waals surface area contributed by atoms with Crippen LogP contribution in [0, 0.1) is 0 Å². The highest BCUT2D eigenvalue weighted by Crippen LogP contribution is 2.04. The standard InChI is InChI=1S/C8H15N5O2/c1-15-8(14)7(6-11-12-9)13-4-2-10-3-5-13/h7,10H,2-6H2,1H3. The SMILES string of the molecule is COC(=O)C(CN=[N+]=[N-])N1CCNCC1. The van der Waals surface area contributed by atoms with Crippen LogP contribution < -0.4 is 5.32 Å². The van der Waals surface area contributed by atoms with E-state index in [2.05, 4.69) is 20.1 Å². The van der Waals surface area contributed by atoms with E-state index in [1.165, 1.54) is 7.11 Å². The maximum absolute atomic E-state index is 11.4. The second-order valence-corrected chi connectivity index (χ2v) is 3.24. The van der Waals surface area contributed by atoms with Crippen molar-refractivity contribution < 1.29 is 9.53 Å². The van der Waals surface area contributed by atoms with E-state index in [-0.39, 0.29) is 12.5 Å². The minimum atomic E-state index is -0.451. The lowest BCUT2D eigenvalue weighted by atomic mass is 10.2. The van der Waals surface area contributed by atoms with Gasteiger partial charge in [-0.1, -0.05) is 5.11 Å².